The lowest BCUT2D eigenvalue weighted by atomic mass is 9.73. The fraction of sp³-hybridized carbons (Fsp3) is 0.571. The molecular formula is C14H22Cl2N2. The molecular weight excluding hydrogens is 267 g/mol. The number of likely N-dealkylation sites (tertiary alicyclic amines) is 1. The molecule has 2 heterocycles. The van der Waals surface area contributed by atoms with Crippen LogP contribution in [0.3, 0.4) is 0 Å². The summed E-state index contributed by atoms with van der Waals surface area (Å²) in [7, 11) is 0. The zero-order chi connectivity index (χ0) is 10.8. The van der Waals surface area contributed by atoms with Gasteiger partial charge in [-0.05, 0) is 36.9 Å². The lowest BCUT2D eigenvalue weighted by Crippen LogP contribution is -2.58. The molecule has 0 unspecified atom stereocenters. The number of rotatable bonds is 2. The summed E-state index contributed by atoms with van der Waals surface area (Å²) < 4.78 is 0. The molecule has 2 nitrogen and oxygen atoms in total. The van der Waals surface area contributed by atoms with E-state index in [2.05, 4.69) is 40.5 Å². The van der Waals surface area contributed by atoms with Gasteiger partial charge >= 0.3 is 0 Å². The van der Waals surface area contributed by atoms with Gasteiger partial charge in [0.25, 0.3) is 0 Å². The summed E-state index contributed by atoms with van der Waals surface area (Å²) in [6, 6.07) is 10.8. The highest BCUT2D eigenvalue weighted by molar-refractivity contribution is 5.85. The number of hydrogen-bond acceptors (Lipinski definition) is 2. The summed E-state index contributed by atoms with van der Waals surface area (Å²) >= 11 is 0. The fourth-order valence-electron chi connectivity index (χ4n) is 2.86. The highest BCUT2D eigenvalue weighted by Crippen LogP contribution is 2.35. The van der Waals surface area contributed by atoms with Crippen molar-refractivity contribution >= 4 is 24.8 Å². The summed E-state index contributed by atoms with van der Waals surface area (Å²) in [4.78, 5) is 2.60. The van der Waals surface area contributed by atoms with Crippen molar-refractivity contribution in [3.8, 4) is 0 Å². The van der Waals surface area contributed by atoms with Crippen molar-refractivity contribution in [3.63, 3.8) is 0 Å². The van der Waals surface area contributed by atoms with E-state index < -0.39 is 0 Å². The first-order chi connectivity index (χ1) is 7.86. The summed E-state index contributed by atoms with van der Waals surface area (Å²) in [6.07, 6.45) is 2.76. The largest absolute Gasteiger partial charge is 0.316 e. The average Bonchev–Trinajstić information content (AvgIpc) is 2.29. The number of hydrogen-bond donors (Lipinski definition) is 1. The molecule has 0 amide bonds. The molecule has 102 valence electrons. The first-order valence-corrected chi connectivity index (χ1v) is 6.33. The van der Waals surface area contributed by atoms with E-state index >= 15 is 0 Å². The van der Waals surface area contributed by atoms with Crippen LogP contribution in [0.15, 0.2) is 30.3 Å². The normalized spacial score (nSPS) is 21.6. The Hall–Kier alpha value is -0.280. The van der Waals surface area contributed by atoms with Gasteiger partial charge in [-0.25, -0.2) is 0 Å². The molecule has 0 saturated carbocycles. The highest BCUT2D eigenvalue weighted by atomic mass is 35.5. The van der Waals surface area contributed by atoms with Gasteiger partial charge in [-0.1, -0.05) is 30.3 Å². The predicted octanol–water partition coefficient (Wildman–Crippen LogP) is 2.72. The Kier molecular flexibility index (Phi) is 5.93. The third-order valence-corrected chi connectivity index (χ3v) is 4.17. The Bertz CT molecular complexity index is 342. The molecule has 1 aromatic carbocycles. The first kappa shape index (κ1) is 15.8. The zero-order valence-corrected chi connectivity index (χ0v) is 12.2. The Balaban J connectivity index is 0.000000810. The van der Waals surface area contributed by atoms with Crippen molar-refractivity contribution in [3.05, 3.63) is 35.9 Å². The van der Waals surface area contributed by atoms with Gasteiger partial charge in [0, 0.05) is 19.6 Å². The van der Waals surface area contributed by atoms with Crippen LogP contribution >= 0.6 is 24.8 Å². The van der Waals surface area contributed by atoms with Crippen LogP contribution in [-0.2, 0) is 6.54 Å². The highest BCUT2D eigenvalue weighted by Gasteiger charge is 2.39. The Morgan fingerprint density at radius 3 is 2.11 bits per heavy atom. The number of piperidine rings is 1. The van der Waals surface area contributed by atoms with E-state index in [1.165, 1.54) is 44.6 Å². The van der Waals surface area contributed by atoms with Crippen molar-refractivity contribution in [2.24, 2.45) is 5.41 Å². The van der Waals surface area contributed by atoms with E-state index in [9.17, 15) is 0 Å². The maximum atomic E-state index is 3.42. The third-order valence-electron chi connectivity index (χ3n) is 4.17. The molecule has 3 rings (SSSR count). The van der Waals surface area contributed by atoms with Gasteiger partial charge in [-0.2, -0.15) is 0 Å². The SMILES string of the molecule is Cl.Cl.c1ccc(CN2CCC3(CC2)CNC3)cc1. The van der Waals surface area contributed by atoms with Crippen molar-refractivity contribution in [2.45, 2.75) is 19.4 Å². The second kappa shape index (κ2) is 6.76. The second-order valence-electron chi connectivity index (χ2n) is 5.37. The summed E-state index contributed by atoms with van der Waals surface area (Å²) in [5, 5.41) is 3.42. The molecule has 2 fully saturated rings. The average molecular weight is 289 g/mol. The molecule has 0 aliphatic carbocycles. The molecule has 2 aliphatic rings. The second-order valence-corrected chi connectivity index (χ2v) is 5.37. The van der Waals surface area contributed by atoms with Crippen LogP contribution in [0.5, 0.6) is 0 Å². The van der Waals surface area contributed by atoms with E-state index in [0.717, 1.165) is 6.54 Å². The van der Waals surface area contributed by atoms with Crippen LogP contribution in [0, 0.1) is 5.41 Å². The number of halogens is 2. The van der Waals surface area contributed by atoms with Gasteiger partial charge in [0.2, 0.25) is 0 Å². The van der Waals surface area contributed by atoms with E-state index in [4.69, 9.17) is 0 Å². The van der Waals surface area contributed by atoms with Crippen LogP contribution in [0.4, 0.5) is 0 Å². The molecule has 0 atom stereocenters. The van der Waals surface area contributed by atoms with Crippen LogP contribution < -0.4 is 5.32 Å². The Morgan fingerprint density at radius 2 is 1.61 bits per heavy atom. The standard InChI is InChI=1S/C14H20N2.2ClH/c1-2-4-13(5-3-1)10-16-8-6-14(7-9-16)11-15-12-14;;/h1-5,15H,6-12H2;2*1H. The van der Waals surface area contributed by atoms with Crippen LogP contribution in [0.1, 0.15) is 18.4 Å². The Morgan fingerprint density at radius 1 is 1.00 bits per heavy atom. The predicted molar refractivity (Wildman–Crippen MR) is 80.8 cm³/mol. The minimum atomic E-state index is 0. The molecule has 0 aromatic heterocycles. The van der Waals surface area contributed by atoms with E-state index in [1.807, 2.05) is 0 Å². The van der Waals surface area contributed by atoms with Crippen molar-refractivity contribution in [1.82, 2.24) is 10.2 Å². The Labute approximate surface area is 122 Å². The fourth-order valence-corrected chi connectivity index (χ4v) is 2.86. The lowest BCUT2D eigenvalue weighted by molar-refractivity contribution is 0.0520. The molecule has 1 aromatic rings. The molecule has 1 spiro atoms. The maximum absolute atomic E-state index is 3.42. The van der Waals surface area contributed by atoms with E-state index in [-0.39, 0.29) is 24.8 Å². The third kappa shape index (κ3) is 3.39. The van der Waals surface area contributed by atoms with Gasteiger partial charge in [0.1, 0.15) is 0 Å². The number of benzene rings is 1. The van der Waals surface area contributed by atoms with Crippen LogP contribution in [0.25, 0.3) is 0 Å². The summed E-state index contributed by atoms with van der Waals surface area (Å²) in [5.41, 5.74) is 2.12. The van der Waals surface area contributed by atoms with Crippen molar-refractivity contribution in [1.29, 1.82) is 0 Å². The molecule has 1 N–H and O–H groups in total. The molecule has 0 bridgehead atoms. The lowest BCUT2D eigenvalue weighted by Gasteiger charge is -2.48. The zero-order valence-electron chi connectivity index (χ0n) is 10.6. The van der Waals surface area contributed by atoms with Crippen molar-refractivity contribution in [2.75, 3.05) is 26.2 Å². The number of nitrogens with zero attached hydrogens (tertiary/aromatic N) is 1. The molecule has 2 saturated heterocycles. The van der Waals surface area contributed by atoms with Gasteiger partial charge < -0.3 is 5.32 Å². The molecule has 18 heavy (non-hydrogen) atoms. The molecule has 2 aliphatic heterocycles. The first-order valence-electron chi connectivity index (χ1n) is 6.33. The summed E-state index contributed by atoms with van der Waals surface area (Å²) in [6.45, 7) is 6.19. The molecule has 0 radical (unpaired) electrons. The summed E-state index contributed by atoms with van der Waals surface area (Å²) in [5.74, 6) is 0. The van der Waals surface area contributed by atoms with Crippen molar-refractivity contribution < 1.29 is 0 Å². The van der Waals surface area contributed by atoms with E-state index in [0.29, 0.717) is 5.41 Å². The minimum absolute atomic E-state index is 0. The van der Waals surface area contributed by atoms with Gasteiger partial charge in [-0.3, -0.25) is 4.90 Å². The number of nitrogens with one attached hydrogen (secondary N) is 1. The van der Waals surface area contributed by atoms with Crippen LogP contribution in [0.2, 0.25) is 0 Å². The van der Waals surface area contributed by atoms with E-state index in [1.54, 1.807) is 0 Å². The topological polar surface area (TPSA) is 15.3 Å². The minimum Gasteiger partial charge on any atom is -0.316 e. The van der Waals surface area contributed by atoms with Gasteiger partial charge in [0.05, 0.1) is 0 Å². The smallest absolute Gasteiger partial charge is 0.0233 e. The maximum Gasteiger partial charge on any atom is 0.0233 e. The molecule has 4 heteroatoms. The monoisotopic (exact) mass is 288 g/mol. The van der Waals surface area contributed by atoms with Gasteiger partial charge in [-0.15, -0.1) is 24.8 Å². The van der Waals surface area contributed by atoms with Crippen LogP contribution in [-0.4, -0.2) is 31.1 Å². The quantitative estimate of drug-likeness (QED) is 0.900. The van der Waals surface area contributed by atoms with Gasteiger partial charge in [0.15, 0.2) is 0 Å².